The van der Waals surface area contributed by atoms with Crippen molar-refractivity contribution in [2.45, 2.75) is 19.8 Å². The number of hydrogen-bond donors (Lipinski definition) is 1. The number of nitrogens with two attached hydrogens (primary N) is 1. The van der Waals surface area contributed by atoms with Gasteiger partial charge in [-0.25, -0.2) is 4.79 Å². The second-order valence-corrected chi connectivity index (χ2v) is 6.02. The Morgan fingerprint density at radius 3 is 2.48 bits per heavy atom. The Kier molecular flexibility index (Phi) is 5.09. The maximum absolute atomic E-state index is 11.9. The van der Waals surface area contributed by atoms with Crippen LogP contribution in [0.3, 0.4) is 0 Å². The zero-order chi connectivity index (χ0) is 17.6. The van der Waals surface area contributed by atoms with Gasteiger partial charge in [-0.15, -0.1) is 0 Å². The van der Waals surface area contributed by atoms with Crippen LogP contribution in [0.1, 0.15) is 16.7 Å². The molecule has 0 amide bonds. The maximum atomic E-state index is 11.9. The third-order valence-electron chi connectivity index (χ3n) is 3.99. The molecule has 0 saturated carbocycles. The summed E-state index contributed by atoms with van der Waals surface area (Å²) in [4.78, 5) is 16.8. The van der Waals surface area contributed by atoms with E-state index in [-0.39, 0.29) is 12.3 Å². The Morgan fingerprint density at radius 2 is 1.68 bits per heavy atom. The minimum atomic E-state index is -0.426. The van der Waals surface area contributed by atoms with Crippen LogP contribution in [0.15, 0.2) is 71.9 Å². The first-order valence-electron chi connectivity index (χ1n) is 8.16. The number of carbonyl (C=O) groups is 1. The van der Waals surface area contributed by atoms with Crippen molar-refractivity contribution >= 4 is 22.6 Å². The van der Waals surface area contributed by atoms with Crippen LogP contribution < -0.4 is 5.73 Å². The molecule has 4 nitrogen and oxygen atoms in total. The van der Waals surface area contributed by atoms with Crippen LogP contribution in [0.25, 0.3) is 10.8 Å². The van der Waals surface area contributed by atoms with Gasteiger partial charge in [-0.3, -0.25) is 0 Å². The topological polar surface area (TPSA) is 64.7 Å². The SMILES string of the molecule is Cc1ccc(CC(=O)ON=C(N)Cc2cccc3ccccc23)cc1. The van der Waals surface area contributed by atoms with Crippen LogP contribution in [-0.4, -0.2) is 11.8 Å². The molecule has 3 aromatic carbocycles. The van der Waals surface area contributed by atoms with Gasteiger partial charge in [0.05, 0.1) is 6.42 Å². The number of amidine groups is 1. The van der Waals surface area contributed by atoms with E-state index in [1.165, 1.54) is 0 Å². The van der Waals surface area contributed by atoms with Gasteiger partial charge in [0.2, 0.25) is 0 Å². The lowest BCUT2D eigenvalue weighted by atomic mass is 10.0. The van der Waals surface area contributed by atoms with Crippen LogP contribution in [0.4, 0.5) is 0 Å². The van der Waals surface area contributed by atoms with Crippen molar-refractivity contribution in [1.82, 2.24) is 0 Å². The number of benzene rings is 3. The Hall–Kier alpha value is -3.14. The van der Waals surface area contributed by atoms with Gasteiger partial charge in [0.1, 0.15) is 5.84 Å². The van der Waals surface area contributed by atoms with Crippen molar-refractivity contribution in [1.29, 1.82) is 0 Å². The smallest absolute Gasteiger partial charge is 0.339 e. The molecule has 126 valence electrons. The average molecular weight is 332 g/mol. The average Bonchev–Trinajstić information content (AvgIpc) is 2.62. The standard InChI is InChI=1S/C21H20N2O2/c1-15-9-11-16(12-10-15)13-21(24)25-23-20(22)14-18-7-4-6-17-5-2-3-8-19(17)18/h2-12H,13-14H2,1H3,(H2,22,23). The number of oxime groups is 1. The van der Waals surface area contributed by atoms with Crippen molar-refractivity contribution in [3.05, 3.63) is 83.4 Å². The third kappa shape index (κ3) is 4.44. The zero-order valence-electron chi connectivity index (χ0n) is 14.1. The molecule has 0 aromatic heterocycles. The van der Waals surface area contributed by atoms with Gasteiger partial charge in [0.15, 0.2) is 0 Å². The van der Waals surface area contributed by atoms with E-state index in [1.54, 1.807) is 0 Å². The second kappa shape index (κ2) is 7.62. The van der Waals surface area contributed by atoms with Crippen molar-refractivity contribution < 1.29 is 9.63 Å². The lowest BCUT2D eigenvalue weighted by molar-refractivity contribution is -0.142. The molecule has 0 fully saturated rings. The van der Waals surface area contributed by atoms with Gasteiger partial charge in [0.25, 0.3) is 0 Å². The molecule has 0 heterocycles. The minimum Gasteiger partial charge on any atom is -0.384 e. The van der Waals surface area contributed by atoms with Crippen LogP contribution in [-0.2, 0) is 22.5 Å². The van der Waals surface area contributed by atoms with E-state index in [1.807, 2.05) is 73.7 Å². The highest BCUT2D eigenvalue weighted by Gasteiger charge is 2.07. The molecule has 0 atom stereocenters. The van der Waals surface area contributed by atoms with E-state index in [4.69, 9.17) is 10.6 Å². The lowest BCUT2D eigenvalue weighted by Gasteiger charge is -2.06. The van der Waals surface area contributed by atoms with Crippen molar-refractivity contribution in [2.24, 2.45) is 10.9 Å². The van der Waals surface area contributed by atoms with Gasteiger partial charge in [-0.1, -0.05) is 77.4 Å². The largest absolute Gasteiger partial charge is 0.384 e. The zero-order valence-corrected chi connectivity index (χ0v) is 14.1. The van der Waals surface area contributed by atoms with Gasteiger partial charge in [-0.05, 0) is 28.8 Å². The van der Waals surface area contributed by atoms with Crippen LogP contribution in [0.2, 0.25) is 0 Å². The monoisotopic (exact) mass is 332 g/mol. The lowest BCUT2D eigenvalue weighted by Crippen LogP contribution is -2.17. The summed E-state index contributed by atoms with van der Waals surface area (Å²) in [5, 5.41) is 6.05. The summed E-state index contributed by atoms with van der Waals surface area (Å²) < 4.78 is 0. The third-order valence-corrected chi connectivity index (χ3v) is 3.99. The number of rotatable bonds is 5. The second-order valence-electron chi connectivity index (χ2n) is 6.02. The van der Waals surface area contributed by atoms with Gasteiger partial charge < -0.3 is 10.6 Å². The number of nitrogens with zero attached hydrogens (tertiary/aromatic N) is 1. The fraction of sp³-hybridized carbons (Fsp3) is 0.143. The van der Waals surface area contributed by atoms with Crippen LogP contribution >= 0.6 is 0 Å². The molecular formula is C21H20N2O2. The van der Waals surface area contributed by atoms with E-state index in [0.29, 0.717) is 6.42 Å². The quantitative estimate of drug-likeness (QED) is 0.335. The Balaban J connectivity index is 1.63. The first-order chi connectivity index (χ1) is 12.1. The maximum Gasteiger partial charge on any atom is 0.339 e. The predicted octanol–water partition coefficient (Wildman–Crippen LogP) is 3.75. The first-order valence-corrected chi connectivity index (χ1v) is 8.16. The van der Waals surface area contributed by atoms with E-state index in [0.717, 1.165) is 27.5 Å². The van der Waals surface area contributed by atoms with E-state index >= 15 is 0 Å². The molecule has 0 radical (unpaired) electrons. The number of carbonyl (C=O) groups excluding carboxylic acids is 1. The first kappa shape index (κ1) is 16.7. The Morgan fingerprint density at radius 1 is 0.960 bits per heavy atom. The number of aryl methyl sites for hydroxylation is 1. The summed E-state index contributed by atoms with van der Waals surface area (Å²) in [5.74, 6) is -0.154. The summed E-state index contributed by atoms with van der Waals surface area (Å²) in [6.45, 7) is 2.00. The van der Waals surface area contributed by atoms with E-state index in [9.17, 15) is 4.79 Å². The minimum absolute atomic E-state index is 0.172. The molecule has 0 aliphatic heterocycles. The Labute approximate surface area is 146 Å². The summed E-state index contributed by atoms with van der Waals surface area (Å²) >= 11 is 0. The molecule has 0 saturated heterocycles. The van der Waals surface area contributed by atoms with E-state index < -0.39 is 5.97 Å². The highest BCUT2D eigenvalue weighted by Crippen LogP contribution is 2.18. The molecule has 0 spiro atoms. The highest BCUT2D eigenvalue weighted by atomic mass is 16.7. The summed E-state index contributed by atoms with van der Waals surface area (Å²) in [6.07, 6.45) is 0.602. The molecule has 4 heteroatoms. The molecule has 3 aromatic rings. The summed E-state index contributed by atoms with van der Waals surface area (Å²) in [5.41, 5.74) is 9.02. The highest BCUT2D eigenvalue weighted by molar-refractivity contribution is 5.91. The van der Waals surface area contributed by atoms with Crippen LogP contribution in [0.5, 0.6) is 0 Å². The van der Waals surface area contributed by atoms with Gasteiger partial charge >= 0.3 is 5.97 Å². The Bertz CT molecular complexity index is 909. The number of hydrogen-bond acceptors (Lipinski definition) is 3. The van der Waals surface area contributed by atoms with Gasteiger partial charge in [0, 0.05) is 6.42 Å². The molecule has 0 bridgehead atoms. The molecular weight excluding hydrogens is 312 g/mol. The molecule has 0 aliphatic carbocycles. The van der Waals surface area contributed by atoms with Gasteiger partial charge in [-0.2, -0.15) is 0 Å². The fourth-order valence-electron chi connectivity index (χ4n) is 2.69. The molecule has 3 rings (SSSR count). The van der Waals surface area contributed by atoms with Crippen molar-refractivity contribution in [2.75, 3.05) is 0 Å². The molecule has 25 heavy (non-hydrogen) atoms. The summed E-state index contributed by atoms with van der Waals surface area (Å²) in [7, 11) is 0. The fourth-order valence-corrected chi connectivity index (χ4v) is 2.69. The molecule has 0 aliphatic rings. The summed E-state index contributed by atoms with van der Waals surface area (Å²) in [6, 6.07) is 21.8. The number of fused-ring (bicyclic) bond motifs is 1. The van der Waals surface area contributed by atoms with E-state index in [2.05, 4.69) is 5.16 Å². The predicted molar refractivity (Wildman–Crippen MR) is 100 cm³/mol. The molecule has 0 unspecified atom stereocenters. The normalized spacial score (nSPS) is 11.5. The van der Waals surface area contributed by atoms with Crippen molar-refractivity contribution in [3.8, 4) is 0 Å². The van der Waals surface area contributed by atoms with Crippen LogP contribution in [0, 0.1) is 6.92 Å². The molecule has 2 N–H and O–H groups in total. The van der Waals surface area contributed by atoms with Crippen molar-refractivity contribution in [3.63, 3.8) is 0 Å².